The molecule has 1 aliphatic carbocycles. The molecule has 54 heavy (non-hydrogen) atoms. The second kappa shape index (κ2) is 19.6. The minimum absolute atomic E-state index is 0.00599. The van der Waals surface area contributed by atoms with Crippen molar-refractivity contribution in [1.82, 2.24) is 25.3 Å². The van der Waals surface area contributed by atoms with E-state index in [0.717, 1.165) is 37.7 Å². The normalized spacial score (nSPS) is 25.1. The van der Waals surface area contributed by atoms with Crippen LogP contribution in [0.15, 0.2) is 24.3 Å². The van der Waals surface area contributed by atoms with Crippen LogP contribution in [-0.2, 0) is 35.1 Å². The number of piperidine rings is 1. The van der Waals surface area contributed by atoms with Crippen molar-refractivity contribution in [3.8, 4) is 0 Å². The fourth-order valence-electron chi connectivity index (χ4n) is 9.38. The molecule has 13 nitrogen and oxygen atoms in total. The molecule has 2 bridgehead atoms. The van der Waals surface area contributed by atoms with Crippen LogP contribution in [-0.4, -0.2) is 133 Å². The van der Waals surface area contributed by atoms with Crippen LogP contribution >= 0.6 is 0 Å². The number of anilines is 1. The van der Waals surface area contributed by atoms with Crippen LogP contribution in [0.3, 0.4) is 0 Å². The summed E-state index contributed by atoms with van der Waals surface area (Å²) >= 11 is 0. The molecule has 0 radical (unpaired) electrons. The summed E-state index contributed by atoms with van der Waals surface area (Å²) in [4.78, 5) is 61.4. The third-order valence-electron chi connectivity index (χ3n) is 12.7. The van der Waals surface area contributed by atoms with E-state index >= 15 is 0 Å². The Labute approximate surface area is 323 Å². The van der Waals surface area contributed by atoms with Crippen molar-refractivity contribution in [1.29, 1.82) is 0 Å². The fourth-order valence-corrected chi connectivity index (χ4v) is 9.38. The number of carbonyl (C=O) groups excluding carboxylic acids is 4. The molecule has 3 aliphatic rings. The van der Waals surface area contributed by atoms with Gasteiger partial charge in [-0.25, -0.2) is 0 Å². The minimum Gasteiger partial charge on any atom is -0.399 e. The number of nitrogens with one attached hydrogen (secondary N) is 2. The number of aliphatic hydroxyl groups excluding tert-OH is 1. The van der Waals surface area contributed by atoms with Gasteiger partial charge in [0.2, 0.25) is 23.6 Å². The number of benzene rings is 1. The van der Waals surface area contributed by atoms with Crippen LogP contribution in [0, 0.1) is 23.7 Å². The van der Waals surface area contributed by atoms with Crippen LogP contribution in [0.1, 0.15) is 85.1 Å². The van der Waals surface area contributed by atoms with E-state index in [0.29, 0.717) is 37.0 Å². The summed E-state index contributed by atoms with van der Waals surface area (Å²) in [6.45, 7) is 10.1. The molecule has 2 aliphatic heterocycles. The van der Waals surface area contributed by atoms with Gasteiger partial charge < -0.3 is 40.7 Å². The molecule has 2 saturated heterocycles. The summed E-state index contributed by atoms with van der Waals surface area (Å²) in [5.41, 5.74) is 7.44. The molecule has 0 spiro atoms. The first-order valence-corrected chi connectivity index (χ1v) is 20.1. The van der Waals surface area contributed by atoms with E-state index in [4.69, 9.17) is 15.2 Å². The van der Waals surface area contributed by atoms with Gasteiger partial charge in [-0.1, -0.05) is 53.2 Å². The molecule has 1 aromatic rings. The van der Waals surface area contributed by atoms with Gasteiger partial charge in [-0.05, 0) is 81.0 Å². The zero-order valence-corrected chi connectivity index (χ0v) is 34.1. The first-order valence-electron chi connectivity index (χ1n) is 20.1. The molecule has 3 fully saturated rings. The van der Waals surface area contributed by atoms with Crippen molar-refractivity contribution in [3.05, 3.63) is 29.8 Å². The maximum absolute atomic E-state index is 14.3. The van der Waals surface area contributed by atoms with E-state index < -0.39 is 36.3 Å². The Morgan fingerprint density at radius 2 is 1.78 bits per heavy atom. The number of hydrogen-bond donors (Lipinski definition) is 4. The Bertz CT molecular complexity index is 1430. The van der Waals surface area contributed by atoms with Crippen molar-refractivity contribution in [3.63, 3.8) is 0 Å². The van der Waals surface area contributed by atoms with E-state index in [2.05, 4.69) is 29.4 Å². The fraction of sp³-hybridized carbons (Fsp3) is 0.756. The maximum Gasteiger partial charge on any atom is 0.245 e. The Morgan fingerprint density at radius 1 is 1.06 bits per heavy atom. The summed E-state index contributed by atoms with van der Waals surface area (Å²) in [5, 5.41) is 16.2. The van der Waals surface area contributed by atoms with Gasteiger partial charge in [0.05, 0.1) is 55.3 Å². The number of nitrogens with zero attached hydrogens (tertiary/aromatic N) is 3. The molecule has 0 aromatic heterocycles. The van der Waals surface area contributed by atoms with E-state index in [1.807, 2.05) is 39.1 Å². The van der Waals surface area contributed by atoms with Crippen LogP contribution in [0.25, 0.3) is 0 Å². The average molecular weight is 757 g/mol. The SMILES string of the molecule is CC[C@H](C)[C@@H]([C@@H](CC(=O)N1CCCC1[C@H](OC)[C@@H](C)C(=O)NC(CO)Cc1cccc(N)c1)OC)N(C)C(=O)C(NC(=O)[C@@H]1[C@H]2CC[C@H](C2)N1C)C(C)C. The largest absolute Gasteiger partial charge is 0.399 e. The number of likely N-dealkylation sites (tertiary alicyclic amines) is 2. The first kappa shape index (κ1) is 43.5. The van der Waals surface area contributed by atoms with Gasteiger partial charge in [-0.3, -0.25) is 24.1 Å². The highest BCUT2D eigenvalue weighted by molar-refractivity contribution is 5.90. The van der Waals surface area contributed by atoms with Crippen molar-refractivity contribution in [2.45, 2.75) is 134 Å². The monoisotopic (exact) mass is 757 g/mol. The van der Waals surface area contributed by atoms with Crippen molar-refractivity contribution in [2.75, 3.05) is 47.2 Å². The Balaban J connectivity index is 1.44. The lowest BCUT2D eigenvalue weighted by molar-refractivity contribution is -0.148. The highest BCUT2D eigenvalue weighted by Gasteiger charge is 2.48. The number of nitrogens with two attached hydrogens (primary N) is 1. The molecular formula is C41H68N6O7. The summed E-state index contributed by atoms with van der Waals surface area (Å²) in [6.07, 6.45) is 4.64. The van der Waals surface area contributed by atoms with Gasteiger partial charge in [0, 0.05) is 39.5 Å². The number of hydrogen-bond acceptors (Lipinski definition) is 9. The maximum atomic E-state index is 14.3. The highest BCUT2D eigenvalue weighted by atomic mass is 16.5. The van der Waals surface area contributed by atoms with Gasteiger partial charge in [0.15, 0.2) is 0 Å². The van der Waals surface area contributed by atoms with Crippen molar-refractivity contribution < 1.29 is 33.8 Å². The van der Waals surface area contributed by atoms with Crippen LogP contribution < -0.4 is 16.4 Å². The van der Waals surface area contributed by atoms with Gasteiger partial charge in [-0.2, -0.15) is 0 Å². The zero-order valence-electron chi connectivity index (χ0n) is 34.1. The third-order valence-corrected chi connectivity index (χ3v) is 12.7. The third kappa shape index (κ3) is 9.94. The van der Waals surface area contributed by atoms with Crippen molar-refractivity contribution in [2.24, 2.45) is 23.7 Å². The molecule has 13 heteroatoms. The smallest absolute Gasteiger partial charge is 0.245 e. The van der Waals surface area contributed by atoms with Crippen LogP contribution in [0.4, 0.5) is 5.69 Å². The molecular weight excluding hydrogens is 688 g/mol. The van der Waals surface area contributed by atoms with Gasteiger partial charge in [0.1, 0.15) is 6.04 Å². The Morgan fingerprint density at radius 3 is 2.35 bits per heavy atom. The van der Waals surface area contributed by atoms with E-state index in [1.54, 1.807) is 44.1 Å². The number of likely N-dealkylation sites (N-methyl/N-ethyl adjacent to an activating group) is 2. The molecule has 3 unspecified atom stereocenters. The minimum atomic E-state index is -0.718. The van der Waals surface area contributed by atoms with E-state index in [9.17, 15) is 24.3 Å². The number of amides is 4. The van der Waals surface area contributed by atoms with E-state index in [1.165, 1.54) is 0 Å². The lowest BCUT2D eigenvalue weighted by Gasteiger charge is -2.41. The first-order chi connectivity index (χ1) is 25.7. The van der Waals surface area contributed by atoms with Gasteiger partial charge in [0.25, 0.3) is 0 Å². The Hall–Kier alpha value is -3.26. The number of ether oxygens (including phenoxy) is 2. The lowest BCUT2D eigenvalue weighted by atomic mass is 9.89. The molecule has 11 atom stereocenters. The second-order valence-electron chi connectivity index (χ2n) is 16.5. The number of methoxy groups -OCH3 is 2. The topological polar surface area (TPSA) is 167 Å². The van der Waals surface area contributed by atoms with E-state index in [-0.39, 0.29) is 60.6 Å². The molecule has 5 N–H and O–H groups in total. The van der Waals surface area contributed by atoms with Crippen LogP contribution in [0.5, 0.6) is 0 Å². The average Bonchev–Trinajstić information content (AvgIpc) is 3.90. The number of nitrogen functional groups attached to an aromatic ring is 1. The zero-order chi connectivity index (χ0) is 39.9. The molecule has 304 valence electrons. The summed E-state index contributed by atoms with van der Waals surface area (Å²) in [5.74, 6) is -1.13. The lowest BCUT2D eigenvalue weighted by Crippen LogP contribution is -2.60. The molecule has 4 amide bonds. The molecule has 2 heterocycles. The predicted molar refractivity (Wildman–Crippen MR) is 209 cm³/mol. The summed E-state index contributed by atoms with van der Waals surface area (Å²) < 4.78 is 12.0. The number of rotatable bonds is 19. The predicted octanol–water partition coefficient (Wildman–Crippen LogP) is 2.83. The molecule has 1 aromatic carbocycles. The summed E-state index contributed by atoms with van der Waals surface area (Å²) in [6, 6.07) is 5.56. The molecule has 4 rings (SSSR count). The number of fused-ring (bicyclic) bond motifs is 2. The quantitative estimate of drug-likeness (QED) is 0.155. The Kier molecular flexibility index (Phi) is 15.7. The number of carbonyl (C=O) groups is 4. The molecule has 1 saturated carbocycles. The standard InChI is InChI=1S/C41H68N6O7/c1-10-25(4)36(46(7)41(52)35(24(2)3)44-40(51)37-28-16-17-31(21-28)45(37)6)33(53-8)22-34(49)47-18-12-15-32(47)38(54-9)26(5)39(50)43-30(23-48)20-27-13-11-14-29(42)19-27/h11,13-14,19,24-26,28,30-33,35-38,48H,10,12,15-18,20-23,42H2,1-9H3,(H,43,50)(H,44,51)/t25-,26+,28-,30?,31+,32?,33+,35?,36-,37-,38+/m0/s1. The number of aliphatic hydroxyl groups is 1. The van der Waals surface area contributed by atoms with Crippen LogP contribution in [0.2, 0.25) is 0 Å². The van der Waals surface area contributed by atoms with Gasteiger partial charge in [-0.15, -0.1) is 0 Å². The highest BCUT2D eigenvalue weighted by Crippen LogP contribution is 2.41. The van der Waals surface area contributed by atoms with Crippen molar-refractivity contribution >= 4 is 29.3 Å². The van der Waals surface area contributed by atoms with Gasteiger partial charge >= 0.3 is 0 Å². The second-order valence-corrected chi connectivity index (χ2v) is 16.5. The summed E-state index contributed by atoms with van der Waals surface area (Å²) in [7, 11) is 6.90.